The topological polar surface area (TPSA) is 106 Å². The van der Waals surface area contributed by atoms with Crippen LogP contribution in [0.4, 0.5) is 5.95 Å². The molecule has 0 spiro atoms. The number of hydrogen-bond acceptors (Lipinski definition) is 6. The van der Waals surface area contributed by atoms with Gasteiger partial charge in [-0.05, 0) is 62.0 Å². The maximum Gasteiger partial charge on any atom is 0.277 e. The number of amides is 1. The fourth-order valence-corrected chi connectivity index (χ4v) is 4.06. The van der Waals surface area contributed by atoms with Crippen LogP contribution in [0, 0.1) is 5.92 Å². The number of H-pyrrole nitrogens is 1. The zero-order chi connectivity index (χ0) is 20.9. The molecule has 1 aliphatic rings. The van der Waals surface area contributed by atoms with Crippen LogP contribution >= 0.6 is 11.6 Å². The lowest BCUT2D eigenvalue weighted by molar-refractivity contribution is 0.0705. The summed E-state index contributed by atoms with van der Waals surface area (Å²) in [6, 6.07) is 5.93. The number of benzene rings is 1. The molecule has 1 fully saturated rings. The van der Waals surface area contributed by atoms with Gasteiger partial charge in [-0.2, -0.15) is 0 Å². The second kappa shape index (κ2) is 9.42. The summed E-state index contributed by atoms with van der Waals surface area (Å²) in [7, 11) is 0. The summed E-state index contributed by atoms with van der Waals surface area (Å²) in [4.78, 5) is 25.3. The minimum absolute atomic E-state index is 0.234. The average Bonchev–Trinajstić information content (AvgIpc) is 3.18. The fraction of sp³-hybridized carbons (Fsp3) is 0.381. The van der Waals surface area contributed by atoms with E-state index in [2.05, 4.69) is 31.4 Å². The number of hydrogen-bond donors (Lipinski definition) is 4. The number of carbonyl (C=O) groups excluding carboxylic acids is 1. The van der Waals surface area contributed by atoms with Crippen LogP contribution in [-0.2, 0) is 6.42 Å². The van der Waals surface area contributed by atoms with E-state index in [1.807, 2.05) is 18.2 Å². The van der Waals surface area contributed by atoms with Gasteiger partial charge in [-0.3, -0.25) is 10.0 Å². The van der Waals surface area contributed by atoms with Crippen molar-refractivity contribution in [1.82, 2.24) is 25.7 Å². The summed E-state index contributed by atoms with van der Waals surface area (Å²) in [6.07, 6.45) is 8.02. The first-order valence-corrected chi connectivity index (χ1v) is 10.5. The predicted molar refractivity (Wildman–Crippen MR) is 116 cm³/mol. The number of hydroxylamine groups is 1. The second-order valence-corrected chi connectivity index (χ2v) is 8.04. The molecule has 0 bridgehead atoms. The molecule has 158 valence electrons. The van der Waals surface area contributed by atoms with E-state index < -0.39 is 5.91 Å². The number of aromatic amines is 1. The van der Waals surface area contributed by atoms with Crippen molar-refractivity contribution in [2.75, 3.05) is 31.1 Å². The molecule has 3 aromatic rings. The van der Waals surface area contributed by atoms with Crippen LogP contribution in [-0.4, -0.2) is 52.2 Å². The Hall–Kier alpha value is -2.68. The number of carbonyl (C=O) groups is 1. The number of aromatic nitrogens is 3. The van der Waals surface area contributed by atoms with Gasteiger partial charge in [-0.1, -0.05) is 11.6 Å². The Balaban J connectivity index is 1.20. The lowest BCUT2D eigenvalue weighted by Crippen LogP contribution is -2.38. The van der Waals surface area contributed by atoms with Crippen molar-refractivity contribution in [3.63, 3.8) is 0 Å². The van der Waals surface area contributed by atoms with Crippen molar-refractivity contribution in [3.05, 3.63) is 52.9 Å². The largest absolute Gasteiger partial charge is 0.361 e. The number of fused-ring (bicyclic) bond motifs is 1. The third-order valence-electron chi connectivity index (χ3n) is 5.63. The summed E-state index contributed by atoms with van der Waals surface area (Å²) < 4.78 is 0. The zero-order valence-corrected chi connectivity index (χ0v) is 17.3. The van der Waals surface area contributed by atoms with Crippen molar-refractivity contribution < 1.29 is 10.0 Å². The molecule has 0 aliphatic carbocycles. The highest BCUT2D eigenvalue weighted by Crippen LogP contribution is 2.23. The Morgan fingerprint density at radius 2 is 2.03 bits per heavy atom. The van der Waals surface area contributed by atoms with Gasteiger partial charge in [-0.25, -0.2) is 15.4 Å². The number of nitrogens with zero attached hydrogens (tertiary/aromatic N) is 3. The highest BCUT2D eigenvalue weighted by atomic mass is 35.5. The van der Waals surface area contributed by atoms with E-state index in [0.717, 1.165) is 56.0 Å². The molecule has 1 aliphatic heterocycles. The number of nitrogens with one attached hydrogen (secondary N) is 3. The first-order chi connectivity index (χ1) is 14.6. The first-order valence-electron chi connectivity index (χ1n) is 10.1. The molecule has 2 aromatic heterocycles. The summed E-state index contributed by atoms with van der Waals surface area (Å²) in [5, 5.41) is 14.2. The van der Waals surface area contributed by atoms with Gasteiger partial charge in [-0.15, -0.1) is 0 Å². The molecule has 4 rings (SSSR count). The minimum atomic E-state index is -0.609. The van der Waals surface area contributed by atoms with Crippen molar-refractivity contribution in [2.24, 2.45) is 5.92 Å². The molecule has 0 saturated carbocycles. The van der Waals surface area contributed by atoms with E-state index in [1.54, 1.807) is 5.48 Å². The fourth-order valence-electron chi connectivity index (χ4n) is 3.89. The maximum absolute atomic E-state index is 11.4. The Morgan fingerprint density at radius 3 is 2.77 bits per heavy atom. The summed E-state index contributed by atoms with van der Waals surface area (Å²) in [5.41, 5.74) is 4.22. The van der Waals surface area contributed by atoms with Gasteiger partial charge >= 0.3 is 0 Å². The second-order valence-electron chi connectivity index (χ2n) is 7.60. The summed E-state index contributed by atoms with van der Waals surface area (Å²) >= 11 is 6.12. The zero-order valence-electron chi connectivity index (χ0n) is 16.6. The standard InChI is InChI=1S/C21H25ClN6O2/c22-17-1-2-19-18(9-17)15(11-24-19)3-6-23-10-14-4-7-28(8-5-14)21-25-12-16(13-26-21)20(29)27-30/h1-2,9,11-14,23-24,30H,3-8,10H2,(H,27,29). The Kier molecular flexibility index (Phi) is 6.47. The molecular weight excluding hydrogens is 404 g/mol. The minimum Gasteiger partial charge on any atom is -0.361 e. The third-order valence-corrected chi connectivity index (χ3v) is 5.87. The summed E-state index contributed by atoms with van der Waals surface area (Å²) in [5.74, 6) is 0.633. The molecule has 30 heavy (non-hydrogen) atoms. The van der Waals surface area contributed by atoms with E-state index in [9.17, 15) is 4.79 Å². The van der Waals surface area contributed by atoms with Crippen LogP contribution < -0.4 is 15.7 Å². The Labute approximate surface area is 179 Å². The molecule has 0 atom stereocenters. The van der Waals surface area contributed by atoms with Gasteiger partial charge in [0.15, 0.2) is 0 Å². The highest BCUT2D eigenvalue weighted by molar-refractivity contribution is 6.31. The maximum atomic E-state index is 11.4. The lowest BCUT2D eigenvalue weighted by atomic mass is 9.97. The van der Waals surface area contributed by atoms with Crippen LogP contribution in [0.15, 0.2) is 36.8 Å². The normalized spacial score (nSPS) is 14.9. The highest BCUT2D eigenvalue weighted by Gasteiger charge is 2.21. The van der Waals surface area contributed by atoms with Crippen molar-refractivity contribution in [2.45, 2.75) is 19.3 Å². The smallest absolute Gasteiger partial charge is 0.277 e. The first kappa shape index (κ1) is 20.6. The Bertz CT molecular complexity index is 998. The molecule has 4 N–H and O–H groups in total. The molecule has 0 radical (unpaired) electrons. The molecule has 9 heteroatoms. The van der Waals surface area contributed by atoms with Gasteiger partial charge in [0.25, 0.3) is 5.91 Å². The average molecular weight is 429 g/mol. The number of halogens is 1. The van der Waals surface area contributed by atoms with E-state index in [-0.39, 0.29) is 5.56 Å². The van der Waals surface area contributed by atoms with Gasteiger partial charge in [0, 0.05) is 47.6 Å². The van der Waals surface area contributed by atoms with E-state index in [1.165, 1.54) is 23.3 Å². The molecule has 3 heterocycles. The van der Waals surface area contributed by atoms with E-state index >= 15 is 0 Å². The molecule has 8 nitrogen and oxygen atoms in total. The van der Waals surface area contributed by atoms with Crippen LogP contribution in [0.1, 0.15) is 28.8 Å². The van der Waals surface area contributed by atoms with Gasteiger partial charge in [0.05, 0.1) is 5.56 Å². The van der Waals surface area contributed by atoms with E-state index in [4.69, 9.17) is 16.8 Å². The van der Waals surface area contributed by atoms with Crippen LogP contribution in [0.5, 0.6) is 0 Å². The van der Waals surface area contributed by atoms with Crippen LogP contribution in [0.25, 0.3) is 10.9 Å². The van der Waals surface area contributed by atoms with Crippen molar-refractivity contribution in [1.29, 1.82) is 0 Å². The molecule has 1 saturated heterocycles. The number of anilines is 1. The quantitative estimate of drug-likeness (QED) is 0.262. The molecule has 1 aromatic carbocycles. The van der Waals surface area contributed by atoms with Gasteiger partial charge in [0.2, 0.25) is 5.95 Å². The summed E-state index contributed by atoms with van der Waals surface area (Å²) in [6.45, 7) is 3.70. The van der Waals surface area contributed by atoms with Gasteiger partial charge in [0.1, 0.15) is 0 Å². The van der Waals surface area contributed by atoms with Crippen molar-refractivity contribution in [3.8, 4) is 0 Å². The van der Waals surface area contributed by atoms with Gasteiger partial charge < -0.3 is 15.2 Å². The van der Waals surface area contributed by atoms with Crippen molar-refractivity contribution >= 4 is 34.4 Å². The predicted octanol–water partition coefficient (Wildman–Crippen LogP) is 2.78. The molecule has 0 unspecified atom stereocenters. The lowest BCUT2D eigenvalue weighted by Gasteiger charge is -2.32. The number of piperidine rings is 1. The van der Waals surface area contributed by atoms with E-state index in [0.29, 0.717) is 11.9 Å². The van der Waals surface area contributed by atoms with Crippen LogP contribution in [0.3, 0.4) is 0 Å². The third kappa shape index (κ3) is 4.72. The monoisotopic (exact) mass is 428 g/mol. The number of rotatable bonds is 7. The Morgan fingerprint density at radius 1 is 1.27 bits per heavy atom. The SMILES string of the molecule is O=C(NO)c1cnc(N2CCC(CNCCc3c[nH]c4ccc(Cl)cc34)CC2)nc1. The van der Waals surface area contributed by atoms with Crippen LogP contribution in [0.2, 0.25) is 5.02 Å². The molecule has 1 amide bonds. The molecular formula is C21H25ClN6O2.